The van der Waals surface area contributed by atoms with Crippen LogP contribution in [0, 0.1) is 11.8 Å². The van der Waals surface area contributed by atoms with Crippen LogP contribution in [-0.4, -0.2) is 17.6 Å². The molecule has 1 aromatic rings. The molecule has 1 aliphatic rings. The van der Waals surface area contributed by atoms with Gasteiger partial charge in [-0.25, -0.2) is 0 Å². The number of likely N-dealkylation sites (N-methyl/N-ethyl adjacent to an activating group) is 1. The van der Waals surface area contributed by atoms with Crippen molar-refractivity contribution in [2.24, 2.45) is 11.8 Å². The van der Waals surface area contributed by atoms with Crippen LogP contribution in [0.25, 0.3) is 0 Å². The zero-order valence-corrected chi connectivity index (χ0v) is 14.1. The molecular weight excluding hydrogens is 256 g/mol. The maximum absolute atomic E-state index is 4.67. The van der Waals surface area contributed by atoms with E-state index in [1.807, 2.05) is 6.20 Å². The Hall–Kier alpha value is -0.890. The van der Waals surface area contributed by atoms with E-state index in [2.05, 4.69) is 43.2 Å². The van der Waals surface area contributed by atoms with Crippen LogP contribution in [-0.2, 0) is 12.8 Å². The van der Waals surface area contributed by atoms with Crippen molar-refractivity contribution in [3.63, 3.8) is 0 Å². The van der Waals surface area contributed by atoms with Crippen molar-refractivity contribution in [3.8, 4) is 0 Å². The van der Waals surface area contributed by atoms with Gasteiger partial charge in [0.15, 0.2) is 0 Å². The normalized spacial score (nSPS) is 24.0. The smallest absolute Gasteiger partial charge is 0.0419 e. The van der Waals surface area contributed by atoms with Gasteiger partial charge in [0.2, 0.25) is 0 Å². The van der Waals surface area contributed by atoms with Crippen molar-refractivity contribution in [1.82, 2.24) is 10.3 Å². The summed E-state index contributed by atoms with van der Waals surface area (Å²) in [5.41, 5.74) is 2.58. The highest BCUT2D eigenvalue weighted by Gasteiger charge is 2.27. The van der Waals surface area contributed by atoms with Crippen molar-refractivity contribution in [1.29, 1.82) is 0 Å². The van der Waals surface area contributed by atoms with Gasteiger partial charge in [0.05, 0.1) is 0 Å². The van der Waals surface area contributed by atoms with Crippen molar-refractivity contribution in [2.45, 2.75) is 71.8 Å². The number of hydrogen-bond acceptors (Lipinski definition) is 2. The SMILES string of the molecule is CCNC(Cc1ccc(CC)cn1)C1CCCC(CC)C1. The molecule has 3 unspecified atom stereocenters. The van der Waals surface area contributed by atoms with Gasteiger partial charge in [0.25, 0.3) is 0 Å². The van der Waals surface area contributed by atoms with Gasteiger partial charge in [-0.05, 0) is 49.3 Å². The van der Waals surface area contributed by atoms with E-state index in [0.717, 1.165) is 31.2 Å². The molecule has 0 amide bonds. The molecule has 1 aliphatic carbocycles. The minimum Gasteiger partial charge on any atom is -0.314 e. The van der Waals surface area contributed by atoms with E-state index in [9.17, 15) is 0 Å². The Balaban J connectivity index is 2.00. The number of nitrogens with one attached hydrogen (secondary N) is 1. The number of rotatable bonds is 7. The zero-order chi connectivity index (χ0) is 15.1. The Morgan fingerprint density at radius 1 is 1.24 bits per heavy atom. The first-order valence-electron chi connectivity index (χ1n) is 8.93. The average molecular weight is 288 g/mol. The molecule has 2 rings (SSSR count). The molecule has 0 radical (unpaired) electrons. The lowest BCUT2D eigenvalue weighted by atomic mass is 9.76. The van der Waals surface area contributed by atoms with Crippen molar-refractivity contribution in [3.05, 3.63) is 29.6 Å². The van der Waals surface area contributed by atoms with Gasteiger partial charge in [-0.3, -0.25) is 4.98 Å². The Bertz CT molecular complexity index is 399. The van der Waals surface area contributed by atoms with E-state index in [1.54, 1.807) is 0 Å². The Morgan fingerprint density at radius 2 is 2.10 bits per heavy atom. The summed E-state index contributed by atoms with van der Waals surface area (Å²) in [4.78, 5) is 4.67. The highest BCUT2D eigenvalue weighted by Crippen LogP contribution is 2.33. The van der Waals surface area contributed by atoms with Gasteiger partial charge >= 0.3 is 0 Å². The molecule has 0 saturated heterocycles. The summed E-state index contributed by atoms with van der Waals surface area (Å²) in [7, 11) is 0. The Labute approximate surface area is 130 Å². The first kappa shape index (κ1) is 16.5. The lowest BCUT2D eigenvalue weighted by molar-refractivity contribution is 0.208. The predicted octanol–water partition coefficient (Wildman–Crippen LogP) is 4.38. The third-order valence-electron chi connectivity index (χ3n) is 5.16. The van der Waals surface area contributed by atoms with Crippen LogP contribution >= 0.6 is 0 Å². The molecule has 1 fully saturated rings. The summed E-state index contributed by atoms with van der Waals surface area (Å²) in [6, 6.07) is 5.06. The van der Waals surface area contributed by atoms with Crippen LogP contribution in [0.15, 0.2) is 18.3 Å². The molecule has 3 atom stereocenters. The quantitative estimate of drug-likeness (QED) is 0.805. The van der Waals surface area contributed by atoms with Crippen LogP contribution in [0.2, 0.25) is 0 Å². The molecule has 0 aromatic carbocycles. The first-order valence-corrected chi connectivity index (χ1v) is 8.93. The van der Waals surface area contributed by atoms with Gasteiger partial charge in [-0.2, -0.15) is 0 Å². The van der Waals surface area contributed by atoms with Gasteiger partial charge in [0.1, 0.15) is 0 Å². The fourth-order valence-electron chi connectivity index (χ4n) is 3.75. The molecule has 2 nitrogen and oxygen atoms in total. The van der Waals surface area contributed by atoms with Crippen LogP contribution < -0.4 is 5.32 Å². The second-order valence-corrected chi connectivity index (χ2v) is 6.58. The van der Waals surface area contributed by atoms with E-state index < -0.39 is 0 Å². The van der Waals surface area contributed by atoms with Crippen molar-refractivity contribution >= 4 is 0 Å². The van der Waals surface area contributed by atoms with E-state index in [1.165, 1.54) is 43.4 Å². The molecule has 0 bridgehead atoms. The second kappa shape index (κ2) is 8.53. The Kier molecular flexibility index (Phi) is 6.69. The molecule has 21 heavy (non-hydrogen) atoms. The van der Waals surface area contributed by atoms with Gasteiger partial charge in [0, 0.05) is 24.4 Å². The first-order chi connectivity index (χ1) is 10.3. The number of hydrogen-bond donors (Lipinski definition) is 1. The standard InChI is InChI=1S/C19H32N2/c1-4-15-8-7-9-17(12-15)19(20-6-3)13-18-11-10-16(5-2)14-21-18/h10-11,14-15,17,19-20H,4-9,12-13H2,1-3H3. The number of aryl methyl sites for hydroxylation is 1. The van der Waals surface area contributed by atoms with Crippen LogP contribution in [0.3, 0.4) is 0 Å². The third kappa shape index (κ3) is 4.81. The summed E-state index contributed by atoms with van der Waals surface area (Å²) >= 11 is 0. The second-order valence-electron chi connectivity index (χ2n) is 6.58. The molecule has 1 N–H and O–H groups in total. The van der Waals surface area contributed by atoms with E-state index in [0.29, 0.717) is 6.04 Å². The molecular formula is C19H32N2. The molecule has 0 aliphatic heterocycles. The third-order valence-corrected chi connectivity index (χ3v) is 5.16. The number of aromatic nitrogens is 1. The van der Waals surface area contributed by atoms with Crippen LogP contribution in [0.1, 0.15) is 64.1 Å². The summed E-state index contributed by atoms with van der Waals surface area (Å²) in [6.07, 6.45) is 11.2. The fourth-order valence-corrected chi connectivity index (χ4v) is 3.75. The zero-order valence-electron chi connectivity index (χ0n) is 14.1. The highest BCUT2D eigenvalue weighted by molar-refractivity contribution is 5.15. The van der Waals surface area contributed by atoms with Crippen molar-refractivity contribution in [2.75, 3.05) is 6.54 Å². The molecule has 1 saturated carbocycles. The van der Waals surface area contributed by atoms with E-state index >= 15 is 0 Å². The maximum Gasteiger partial charge on any atom is 0.0419 e. The largest absolute Gasteiger partial charge is 0.314 e. The fraction of sp³-hybridized carbons (Fsp3) is 0.737. The maximum atomic E-state index is 4.67. The lowest BCUT2D eigenvalue weighted by Crippen LogP contribution is -2.40. The molecule has 2 heteroatoms. The Morgan fingerprint density at radius 3 is 2.71 bits per heavy atom. The molecule has 0 spiro atoms. The summed E-state index contributed by atoms with van der Waals surface area (Å²) in [6.45, 7) is 7.82. The van der Waals surface area contributed by atoms with E-state index in [4.69, 9.17) is 0 Å². The highest BCUT2D eigenvalue weighted by atomic mass is 14.9. The van der Waals surface area contributed by atoms with Crippen LogP contribution in [0.4, 0.5) is 0 Å². The predicted molar refractivity (Wildman–Crippen MR) is 90.5 cm³/mol. The minimum absolute atomic E-state index is 0.601. The molecule has 1 aromatic heterocycles. The number of pyridine rings is 1. The lowest BCUT2D eigenvalue weighted by Gasteiger charge is -2.34. The van der Waals surface area contributed by atoms with Gasteiger partial charge in [-0.1, -0.05) is 46.1 Å². The van der Waals surface area contributed by atoms with E-state index in [-0.39, 0.29) is 0 Å². The monoisotopic (exact) mass is 288 g/mol. The molecule has 1 heterocycles. The minimum atomic E-state index is 0.601. The summed E-state index contributed by atoms with van der Waals surface area (Å²) in [5, 5.41) is 3.73. The summed E-state index contributed by atoms with van der Waals surface area (Å²) < 4.78 is 0. The van der Waals surface area contributed by atoms with Gasteiger partial charge < -0.3 is 5.32 Å². The summed E-state index contributed by atoms with van der Waals surface area (Å²) in [5.74, 6) is 1.77. The average Bonchev–Trinajstić information content (AvgIpc) is 2.55. The van der Waals surface area contributed by atoms with Crippen molar-refractivity contribution < 1.29 is 0 Å². The van der Waals surface area contributed by atoms with Gasteiger partial charge in [-0.15, -0.1) is 0 Å². The van der Waals surface area contributed by atoms with Crippen LogP contribution in [0.5, 0.6) is 0 Å². The topological polar surface area (TPSA) is 24.9 Å². The molecule has 118 valence electrons. The number of nitrogens with zero attached hydrogens (tertiary/aromatic N) is 1.